The van der Waals surface area contributed by atoms with Crippen LogP contribution in [0.5, 0.6) is 0 Å². The normalized spacial score (nSPS) is 12.9. The molecule has 0 saturated carbocycles. The van der Waals surface area contributed by atoms with E-state index in [1.807, 2.05) is 0 Å². The van der Waals surface area contributed by atoms with Crippen LogP contribution in [0.1, 0.15) is 96.8 Å². The second-order valence-corrected chi connectivity index (χ2v) is 7.58. The van der Waals surface area contributed by atoms with E-state index in [-0.39, 0.29) is 6.42 Å². The Morgan fingerprint density at radius 1 is 0.593 bits per heavy atom. The smallest absolute Gasteiger partial charge is 0.317 e. The number of hydrogen-bond donors (Lipinski definition) is 1. The molecule has 0 aromatic heterocycles. The van der Waals surface area contributed by atoms with Gasteiger partial charge < -0.3 is 5.32 Å². The van der Waals surface area contributed by atoms with Gasteiger partial charge in [0.2, 0.25) is 0 Å². The Morgan fingerprint density at radius 2 is 1.00 bits per heavy atom. The summed E-state index contributed by atoms with van der Waals surface area (Å²) >= 11 is 0. The SMILES string of the molecule is CCCCCCCCNCCCCCCCC(CC(F)(F)F)CC(F)(F)F. The molecular formula is C20H37F6N. The van der Waals surface area contributed by atoms with E-state index in [1.54, 1.807) is 0 Å². The zero-order valence-corrected chi connectivity index (χ0v) is 16.7. The number of unbranched alkanes of at least 4 members (excludes halogenated alkanes) is 9. The van der Waals surface area contributed by atoms with E-state index in [1.165, 1.54) is 38.5 Å². The number of hydrogen-bond acceptors (Lipinski definition) is 1. The largest absolute Gasteiger partial charge is 0.389 e. The molecular weight excluding hydrogens is 368 g/mol. The van der Waals surface area contributed by atoms with Crippen molar-refractivity contribution in [1.82, 2.24) is 5.32 Å². The standard InChI is InChI=1S/C20H37F6N/c1-2-3-4-5-8-11-14-27-15-12-9-6-7-10-13-18(16-19(21,22)23)17-20(24,25)26/h18,27H,2-17H2,1H3. The Balaban J connectivity index is 3.56. The quantitative estimate of drug-likeness (QED) is 0.192. The van der Waals surface area contributed by atoms with Crippen LogP contribution in [0.3, 0.4) is 0 Å². The third kappa shape index (κ3) is 21.7. The number of halogens is 6. The highest BCUT2D eigenvalue weighted by Gasteiger charge is 2.38. The second-order valence-electron chi connectivity index (χ2n) is 7.58. The van der Waals surface area contributed by atoms with Crippen LogP contribution in [-0.2, 0) is 0 Å². The first-order valence-electron chi connectivity index (χ1n) is 10.5. The lowest BCUT2D eigenvalue weighted by molar-refractivity contribution is -0.173. The first-order valence-corrected chi connectivity index (χ1v) is 10.5. The maximum absolute atomic E-state index is 12.4. The first kappa shape index (κ1) is 26.5. The zero-order chi connectivity index (χ0) is 20.6. The molecule has 0 amide bonds. The molecule has 1 nitrogen and oxygen atoms in total. The summed E-state index contributed by atoms with van der Waals surface area (Å²) in [5, 5.41) is 3.39. The fraction of sp³-hybridized carbons (Fsp3) is 1.00. The van der Waals surface area contributed by atoms with E-state index in [4.69, 9.17) is 0 Å². The molecule has 27 heavy (non-hydrogen) atoms. The van der Waals surface area contributed by atoms with E-state index < -0.39 is 31.1 Å². The molecule has 0 atom stereocenters. The van der Waals surface area contributed by atoms with Crippen LogP contribution in [0, 0.1) is 5.92 Å². The summed E-state index contributed by atoms with van der Waals surface area (Å²) in [7, 11) is 0. The van der Waals surface area contributed by atoms with Crippen LogP contribution in [0.2, 0.25) is 0 Å². The molecule has 0 aliphatic carbocycles. The minimum Gasteiger partial charge on any atom is -0.317 e. The van der Waals surface area contributed by atoms with Gasteiger partial charge in [0.1, 0.15) is 0 Å². The highest BCUT2D eigenvalue weighted by molar-refractivity contribution is 4.69. The second kappa shape index (κ2) is 15.5. The third-order valence-electron chi connectivity index (χ3n) is 4.71. The molecule has 0 aliphatic rings. The van der Waals surface area contributed by atoms with Crippen LogP contribution >= 0.6 is 0 Å². The van der Waals surface area contributed by atoms with Gasteiger partial charge in [-0.3, -0.25) is 0 Å². The van der Waals surface area contributed by atoms with E-state index in [9.17, 15) is 26.3 Å². The minimum atomic E-state index is -4.53. The molecule has 0 unspecified atom stereocenters. The van der Waals surface area contributed by atoms with Gasteiger partial charge >= 0.3 is 12.4 Å². The summed E-state index contributed by atoms with van der Waals surface area (Å²) in [4.78, 5) is 0. The van der Waals surface area contributed by atoms with Crippen LogP contribution in [0.4, 0.5) is 26.3 Å². The Kier molecular flexibility index (Phi) is 15.2. The zero-order valence-electron chi connectivity index (χ0n) is 16.7. The number of nitrogens with one attached hydrogen (secondary N) is 1. The summed E-state index contributed by atoms with van der Waals surface area (Å²) in [5.41, 5.74) is 0. The van der Waals surface area contributed by atoms with Crippen molar-refractivity contribution in [3.63, 3.8) is 0 Å². The molecule has 0 bridgehead atoms. The predicted molar refractivity (Wildman–Crippen MR) is 98.8 cm³/mol. The van der Waals surface area contributed by atoms with Crippen molar-refractivity contribution in [2.24, 2.45) is 5.92 Å². The Hall–Kier alpha value is -0.460. The predicted octanol–water partition coefficient (Wildman–Crippen LogP) is 7.80. The Morgan fingerprint density at radius 3 is 1.44 bits per heavy atom. The Labute approximate surface area is 160 Å². The van der Waals surface area contributed by atoms with Gasteiger partial charge in [-0.05, 0) is 38.3 Å². The van der Waals surface area contributed by atoms with Gasteiger partial charge in [0.25, 0.3) is 0 Å². The number of alkyl halides is 6. The van der Waals surface area contributed by atoms with Gasteiger partial charge in [-0.25, -0.2) is 0 Å². The van der Waals surface area contributed by atoms with E-state index in [0.29, 0.717) is 12.8 Å². The van der Waals surface area contributed by atoms with Crippen molar-refractivity contribution in [1.29, 1.82) is 0 Å². The summed E-state index contributed by atoms with van der Waals surface area (Å²) in [5.74, 6) is -1.34. The molecule has 0 fully saturated rings. The molecule has 0 heterocycles. The molecule has 0 aromatic rings. The lowest BCUT2D eigenvalue weighted by Crippen LogP contribution is -2.21. The highest BCUT2D eigenvalue weighted by Crippen LogP contribution is 2.35. The van der Waals surface area contributed by atoms with Crippen LogP contribution in [-0.4, -0.2) is 25.4 Å². The van der Waals surface area contributed by atoms with E-state index in [2.05, 4.69) is 12.2 Å². The summed E-state index contributed by atoms with van der Waals surface area (Å²) < 4.78 is 74.3. The van der Waals surface area contributed by atoms with Gasteiger partial charge in [-0.2, -0.15) is 26.3 Å². The Bertz CT molecular complexity index is 311. The third-order valence-corrected chi connectivity index (χ3v) is 4.71. The van der Waals surface area contributed by atoms with Crippen molar-refractivity contribution in [3.05, 3.63) is 0 Å². The van der Waals surface area contributed by atoms with Crippen LogP contribution < -0.4 is 5.32 Å². The van der Waals surface area contributed by atoms with Gasteiger partial charge in [-0.1, -0.05) is 64.7 Å². The monoisotopic (exact) mass is 405 g/mol. The molecule has 0 saturated heterocycles. The van der Waals surface area contributed by atoms with Gasteiger partial charge in [0.15, 0.2) is 0 Å². The fourth-order valence-electron chi connectivity index (χ4n) is 3.30. The van der Waals surface area contributed by atoms with Crippen molar-refractivity contribution >= 4 is 0 Å². The van der Waals surface area contributed by atoms with Gasteiger partial charge in [0.05, 0.1) is 0 Å². The summed E-state index contributed by atoms with van der Waals surface area (Å²) in [6, 6.07) is 0. The van der Waals surface area contributed by atoms with E-state index >= 15 is 0 Å². The highest BCUT2D eigenvalue weighted by atomic mass is 19.4. The molecule has 0 radical (unpaired) electrons. The minimum absolute atomic E-state index is 0.00466. The molecule has 7 heteroatoms. The molecule has 0 rings (SSSR count). The fourth-order valence-corrected chi connectivity index (χ4v) is 3.30. The molecule has 1 N–H and O–H groups in total. The van der Waals surface area contributed by atoms with Crippen LogP contribution in [0.15, 0.2) is 0 Å². The molecule has 0 aromatic carbocycles. The number of rotatable bonds is 17. The van der Waals surface area contributed by atoms with E-state index in [0.717, 1.165) is 32.4 Å². The molecule has 0 aliphatic heterocycles. The average Bonchev–Trinajstić information content (AvgIpc) is 2.52. The van der Waals surface area contributed by atoms with Crippen molar-refractivity contribution < 1.29 is 26.3 Å². The molecule has 164 valence electrons. The summed E-state index contributed by atoms with van der Waals surface area (Å²) in [6.07, 6.45) is -0.180. The average molecular weight is 406 g/mol. The maximum Gasteiger partial charge on any atom is 0.389 e. The van der Waals surface area contributed by atoms with Crippen LogP contribution in [0.25, 0.3) is 0 Å². The summed E-state index contributed by atoms with van der Waals surface area (Å²) in [6.45, 7) is 4.15. The lowest BCUT2D eigenvalue weighted by atomic mass is 9.93. The first-order chi connectivity index (χ1) is 12.6. The van der Waals surface area contributed by atoms with Gasteiger partial charge in [-0.15, -0.1) is 0 Å². The van der Waals surface area contributed by atoms with Crippen molar-refractivity contribution in [3.8, 4) is 0 Å². The lowest BCUT2D eigenvalue weighted by Gasteiger charge is -2.20. The molecule has 0 spiro atoms. The van der Waals surface area contributed by atoms with Crippen molar-refractivity contribution in [2.45, 2.75) is 109 Å². The van der Waals surface area contributed by atoms with Crippen molar-refractivity contribution in [2.75, 3.05) is 13.1 Å². The van der Waals surface area contributed by atoms with Gasteiger partial charge in [0, 0.05) is 12.8 Å². The topological polar surface area (TPSA) is 12.0 Å². The maximum atomic E-state index is 12.4.